The number of H-pyrrole nitrogens is 1. The minimum Gasteiger partial charge on any atom is -0.381 e. The van der Waals surface area contributed by atoms with E-state index in [4.69, 9.17) is 0 Å². The van der Waals surface area contributed by atoms with E-state index in [0.29, 0.717) is 16.5 Å². The van der Waals surface area contributed by atoms with Gasteiger partial charge in [0, 0.05) is 23.0 Å². The summed E-state index contributed by atoms with van der Waals surface area (Å²) in [6.07, 6.45) is -1.41. The van der Waals surface area contributed by atoms with Crippen molar-refractivity contribution in [1.29, 1.82) is 0 Å². The largest absolute Gasteiger partial charge is 0.381 e. The number of nitrogens with one attached hydrogen (secondary N) is 3. The number of carbonyl (C=O) groups excluding carboxylic acids is 2. The normalized spacial score (nSPS) is 12.6. The number of amides is 2. The van der Waals surface area contributed by atoms with E-state index in [9.17, 15) is 23.9 Å². The summed E-state index contributed by atoms with van der Waals surface area (Å²) in [5.74, 6) is -1.69. The van der Waals surface area contributed by atoms with Gasteiger partial charge < -0.3 is 20.7 Å². The molecule has 0 aliphatic heterocycles. The van der Waals surface area contributed by atoms with Crippen LogP contribution in [0.3, 0.4) is 0 Å². The van der Waals surface area contributed by atoms with Gasteiger partial charge in [0.05, 0.1) is 6.04 Å². The highest BCUT2D eigenvalue weighted by Gasteiger charge is 2.29. The molecule has 8 heteroatoms. The van der Waals surface area contributed by atoms with Gasteiger partial charge in [-0.1, -0.05) is 54.6 Å². The lowest BCUT2D eigenvalue weighted by atomic mass is 9.99. The third kappa shape index (κ3) is 5.67. The Morgan fingerprint density at radius 1 is 0.944 bits per heavy atom. The van der Waals surface area contributed by atoms with Crippen LogP contribution >= 0.6 is 0 Å². The molecule has 0 spiro atoms. The van der Waals surface area contributed by atoms with Crippen LogP contribution in [0.2, 0.25) is 0 Å². The molecule has 4 N–H and O–H groups in total. The number of hydrogen-bond donors (Lipinski definition) is 4. The quantitative estimate of drug-likeness (QED) is 0.306. The molecule has 0 aliphatic carbocycles. The van der Waals surface area contributed by atoms with Gasteiger partial charge in [-0.25, -0.2) is 4.39 Å². The average molecular weight is 488 g/mol. The van der Waals surface area contributed by atoms with Gasteiger partial charge in [0.25, 0.3) is 11.8 Å². The van der Waals surface area contributed by atoms with Crippen molar-refractivity contribution in [3.8, 4) is 0 Å². The van der Waals surface area contributed by atoms with Gasteiger partial charge in [-0.3, -0.25) is 14.4 Å². The predicted octanol–water partition coefficient (Wildman–Crippen LogP) is 2.99. The number of hydrogen-bond acceptors (Lipinski definition) is 4. The van der Waals surface area contributed by atoms with Crippen LogP contribution in [0.5, 0.6) is 0 Å². The summed E-state index contributed by atoms with van der Waals surface area (Å²) < 4.78 is 13.1. The van der Waals surface area contributed by atoms with E-state index in [1.54, 1.807) is 31.2 Å². The number of aromatic nitrogens is 1. The van der Waals surface area contributed by atoms with Crippen molar-refractivity contribution < 1.29 is 19.1 Å². The van der Waals surface area contributed by atoms with Crippen LogP contribution in [-0.4, -0.2) is 34.1 Å². The molecule has 1 heterocycles. The van der Waals surface area contributed by atoms with Crippen LogP contribution < -0.4 is 16.1 Å². The van der Waals surface area contributed by atoms with Crippen LogP contribution in [0.1, 0.15) is 27.2 Å². The smallest absolute Gasteiger partial charge is 0.268 e. The van der Waals surface area contributed by atoms with Crippen molar-refractivity contribution in [2.45, 2.75) is 32.0 Å². The maximum Gasteiger partial charge on any atom is 0.268 e. The van der Waals surface area contributed by atoms with Gasteiger partial charge in [0.15, 0.2) is 11.5 Å². The number of aromatic amines is 1. The minimum absolute atomic E-state index is 0.0654. The Balaban J connectivity index is 1.56. The molecule has 3 aromatic carbocycles. The van der Waals surface area contributed by atoms with Gasteiger partial charge in [-0.15, -0.1) is 0 Å². The Kier molecular flexibility index (Phi) is 7.56. The van der Waals surface area contributed by atoms with Gasteiger partial charge in [0.1, 0.15) is 11.5 Å². The minimum atomic E-state index is -1.58. The molecule has 36 heavy (non-hydrogen) atoms. The summed E-state index contributed by atoms with van der Waals surface area (Å²) in [4.78, 5) is 41.8. The predicted molar refractivity (Wildman–Crippen MR) is 135 cm³/mol. The zero-order chi connectivity index (χ0) is 25.7. The summed E-state index contributed by atoms with van der Waals surface area (Å²) in [7, 11) is 0. The second-order valence-electron chi connectivity index (χ2n) is 8.56. The first kappa shape index (κ1) is 24.8. The van der Waals surface area contributed by atoms with Crippen LogP contribution in [0, 0.1) is 12.7 Å². The SMILES string of the molecule is Cc1c(C(=O)NC(Cc2ccccc2)C(O)C(=O)NCc2ccc(F)cc2)[nH]c2ccccc2c1=O. The number of rotatable bonds is 8. The Morgan fingerprint density at radius 3 is 2.33 bits per heavy atom. The summed E-state index contributed by atoms with van der Waals surface area (Å²) in [5.41, 5.74) is 2.00. The molecule has 1 aromatic heterocycles. The number of aliphatic hydroxyl groups is 1. The standard InChI is InChI=1S/C28H26FN3O4/c1-17-24(31-22-10-6-5-9-21(22)25(17)33)27(35)32-23(15-18-7-3-2-4-8-18)26(34)28(36)30-16-19-11-13-20(29)14-12-19/h2-14,23,26,34H,15-16H2,1H3,(H,30,36)(H,31,33)(H,32,35). The molecule has 2 amide bonds. The molecule has 0 radical (unpaired) electrons. The number of halogens is 1. The molecule has 0 saturated heterocycles. The molecule has 4 aromatic rings. The molecule has 7 nitrogen and oxygen atoms in total. The van der Waals surface area contributed by atoms with Gasteiger partial charge in [0.2, 0.25) is 0 Å². The molecule has 0 fully saturated rings. The lowest BCUT2D eigenvalue weighted by Crippen LogP contribution is -2.52. The van der Waals surface area contributed by atoms with E-state index in [-0.39, 0.29) is 29.7 Å². The molecule has 184 valence electrons. The molecule has 2 atom stereocenters. The third-order valence-corrected chi connectivity index (χ3v) is 6.02. The van der Waals surface area contributed by atoms with Crippen molar-refractivity contribution in [2.24, 2.45) is 0 Å². The Labute approximate surface area is 207 Å². The number of carbonyl (C=O) groups is 2. The van der Waals surface area contributed by atoms with E-state index in [1.165, 1.54) is 24.3 Å². The molecule has 0 aliphatic rings. The van der Waals surface area contributed by atoms with E-state index >= 15 is 0 Å². The summed E-state index contributed by atoms with van der Waals surface area (Å²) in [6, 6.07) is 20.6. The Morgan fingerprint density at radius 2 is 1.61 bits per heavy atom. The molecular formula is C28H26FN3O4. The first-order chi connectivity index (χ1) is 17.3. The van der Waals surface area contributed by atoms with E-state index in [0.717, 1.165) is 5.56 Å². The number of benzene rings is 3. The van der Waals surface area contributed by atoms with Crippen molar-refractivity contribution in [3.05, 3.63) is 117 Å². The number of fused-ring (bicyclic) bond motifs is 1. The van der Waals surface area contributed by atoms with Crippen LogP contribution in [0.15, 0.2) is 83.7 Å². The first-order valence-corrected chi connectivity index (χ1v) is 11.5. The lowest BCUT2D eigenvalue weighted by molar-refractivity contribution is -0.130. The summed E-state index contributed by atoms with van der Waals surface area (Å²) >= 11 is 0. The fourth-order valence-electron chi connectivity index (χ4n) is 3.99. The average Bonchev–Trinajstić information content (AvgIpc) is 2.90. The highest BCUT2D eigenvalue weighted by atomic mass is 19.1. The fourth-order valence-corrected chi connectivity index (χ4v) is 3.99. The zero-order valence-electron chi connectivity index (χ0n) is 19.6. The Hall–Kier alpha value is -4.30. The maximum atomic E-state index is 13.2. The highest BCUT2D eigenvalue weighted by Crippen LogP contribution is 2.13. The van der Waals surface area contributed by atoms with Crippen molar-refractivity contribution >= 4 is 22.7 Å². The number of pyridine rings is 1. The number of para-hydroxylation sites is 1. The monoisotopic (exact) mass is 487 g/mol. The third-order valence-electron chi connectivity index (χ3n) is 6.02. The summed E-state index contributed by atoms with van der Waals surface area (Å²) in [5, 5.41) is 16.7. The van der Waals surface area contributed by atoms with Crippen molar-refractivity contribution in [3.63, 3.8) is 0 Å². The van der Waals surface area contributed by atoms with Gasteiger partial charge in [-0.05, 0) is 48.7 Å². The van der Waals surface area contributed by atoms with Crippen LogP contribution in [0.25, 0.3) is 10.9 Å². The molecule has 0 bridgehead atoms. The van der Waals surface area contributed by atoms with Gasteiger partial charge >= 0.3 is 0 Å². The fraction of sp³-hybridized carbons (Fsp3) is 0.179. The molecule has 2 unspecified atom stereocenters. The lowest BCUT2D eigenvalue weighted by Gasteiger charge is -2.24. The number of aliphatic hydroxyl groups excluding tert-OH is 1. The van der Waals surface area contributed by atoms with Crippen molar-refractivity contribution in [2.75, 3.05) is 0 Å². The first-order valence-electron chi connectivity index (χ1n) is 11.5. The molecule has 0 saturated carbocycles. The summed E-state index contributed by atoms with van der Waals surface area (Å²) in [6.45, 7) is 1.64. The van der Waals surface area contributed by atoms with Gasteiger partial charge in [-0.2, -0.15) is 0 Å². The zero-order valence-corrected chi connectivity index (χ0v) is 19.6. The molecular weight excluding hydrogens is 461 g/mol. The van der Waals surface area contributed by atoms with Crippen LogP contribution in [-0.2, 0) is 17.8 Å². The van der Waals surface area contributed by atoms with E-state index in [2.05, 4.69) is 15.6 Å². The topological polar surface area (TPSA) is 111 Å². The molecule has 4 rings (SSSR count). The second-order valence-corrected chi connectivity index (χ2v) is 8.56. The van der Waals surface area contributed by atoms with Crippen LogP contribution in [0.4, 0.5) is 4.39 Å². The maximum absolute atomic E-state index is 13.2. The van der Waals surface area contributed by atoms with E-state index < -0.39 is 29.8 Å². The van der Waals surface area contributed by atoms with E-state index in [1.807, 2.05) is 30.3 Å². The second kappa shape index (κ2) is 11.0. The highest BCUT2D eigenvalue weighted by molar-refractivity contribution is 5.97. The van der Waals surface area contributed by atoms with Crippen molar-refractivity contribution in [1.82, 2.24) is 15.6 Å². The Bertz CT molecular complexity index is 1440.